The Morgan fingerprint density at radius 3 is 2.18 bits per heavy atom. The molecule has 2 aliphatic rings. The van der Waals surface area contributed by atoms with E-state index in [9.17, 15) is 18.0 Å². The zero-order valence-corrected chi connectivity index (χ0v) is 11.6. The van der Waals surface area contributed by atoms with E-state index in [4.69, 9.17) is 9.47 Å². The molecule has 0 bridgehead atoms. The Morgan fingerprint density at radius 1 is 1.14 bits per heavy atom. The van der Waals surface area contributed by atoms with E-state index >= 15 is 0 Å². The van der Waals surface area contributed by atoms with Crippen LogP contribution in [0.4, 0.5) is 18.0 Å². The minimum Gasteiger partial charge on any atom is -0.424 e. The molecule has 1 aliphatic carbocycles. The average molecular weight is 316 g/mol. The summed E-state index contributed by atoms with van der Waals surface area (Å²) in [5, 5.41) is 4.31. The number of rotatable bonds is 2. The number of hydrogen-bond donors (Lipinski definition) is 2. The molecule has 2 N–H and O–H groups in total. The fraction of sp³-hybridized carbons (Fsp3) is 0.500. The van der Waals surface area contributed by atoms with E-state index < -0.39 is 18.1 Å². The van der Waals surface area contributed by atoms with Gasteiger partial charge in [0.1, 0.15) is 0 Å². The van der Waals surface area contributed by atoms with Crippen molar-refractivity contribution < 1.29 is 27.4 Å². The van der Waals surface area contributed by atoms with Crippen LogP contribution in [0.15, 0.2) is 24.3 Å². The summed E-state index contributed by atoms with van der Waals surface area (Å²) in [7, 11) is 0. The van der Waals surface area contributed by atoms with Crippen molar-refractivity contribution in [3.63, 3.8) is 0 Å². The lowest BCUT2D eigenvalue weighted by Gasteiger charge is -2.30. The Balaban J connectivity index is 1.76. The van der Waals surface area contributed by atoms with Gasteiger partial charge in [0.15, 0.2) is 11.5 Å². The molecule has 0 unspecified atom stereocenters. The maximum Gasteiger partial charge on any atom is 0.492 e. The van der Waals surface area contributed by atoms with Crippen molar-refractivity contribution in [2.24, 2.45) is 0 Å². The Labute approximate surface area is 124 Å². The highest BCUT2D eigenvalue weighted by Crippen LogP contribution is 2.44. The van der Waals surface area contributed by atoms with Crippen LogP contribution < -0.4 is 20.1 Å². The molecule has 0 atom stereocenters. The van der Waals surface area contributed by atoms with E-state index in [0.717, 1.165) is 25.7 Å². The van der Waals surface area contributed by atoms with Crippen molar-refractivity contribution in [1.29, 1.82) is 0 Å². The van der Waals surface area contributed by atoms with Gasteiger partial charge < -0.3 is 14.8 Å². The molecule has 0 aromatic heterocycles. The number of amides is 2. The highest BCUT2D eigenvalue weighted by Gasteiger charge is 2.65. The summed E-state index contributed by atoms with van der Waals surface area (Å²) >= 11 is 0. The summed E-state index contributed by atoms with van der Waals surface area (Å²) in [6, 6.07) is 4.66. The molecule has 5 nitrogen and oxygen atoms in total. The van der Waals surface area contributed by atoms with Crippen LogP contribution in [0.3, 0.4) is 0 Å². The monoisotopic (exact) mass is 316 g/mol. The Morgan fingerprint density at radius 2 is 1.68 bits per heavy atom. The smallest absolute Gasteiger partial charge is 0.424 e. The predicted molar refractivity (Wildman–Crippen MR) is 70.4 cm³/mol. The fourth-order valence-corrected chi connectivity index (χ4v) is 2.63. The zero-order valence-electron chi connectivity index (χ0n) is 11.6. The Kier molecular flexibility index (Phi) is 3.54. The second kappa shape index (κ2) is 5.26. The number of carbonyl (C=O) groups excluding carboxylic acids is 1. The number of alkyl halides is 3. The van der Waals surface area contributed by atoms with E-state index in [2.05, 4.69) is 5.32 Å². The first-order valence-corrected chi connectivity index (χ1v) is 7.02. The first-order chi connectivity index (χ1) is 10.4. The van der Waals surface area contributed by atoms with Crippen molar-refractivity contribution in [3.05, 3.63) is 24.3 Å². The van der Waals surface area contributed by atoms with Crippen molar-refractivity contribution in [2.75, 3.05) is 0 Å². The SMILES string of the molecule is O=C(NC1CCCC1)NC1(C(F)(F)F)Oc2ccccc2O1. The van der Waals surface area contributed by atoms with Gasteiger partial charge in [-0.15, -0.1) is 0 Å². The second-order valence-corrected chi connectivity index (χ2v) is 5.35. The first-order valence-electron chi connectivity index (χ1n) is 7.02. The molecule has 0 saturated heterocycles. The quantitative estimate of drug-likeness (QED) is 0.882. The molecule has 1 aromatic carbocycles. The van der Waals surface area contributed by atoms with Crippen LogP contribution >= 0.6 is 0 Å². The van der Waals surface area contributed by atoms with E-state index in [-0.39, 0.29) is 17.5 Å². The Bertz CT molecular complexity index is 546. The van der Waals surface area contributed by atoms with E-state index in [1.54, 1.807) is 5.32 Å². The van der Waals surface area contributed by atoms with Crippen molar-refractivity contribution >= 4 is 6.03 Å². The summed E-state index contributed by atoms with van der Waals surface area (Å²) in [4.78, 5) is 11.9. The van der Waals surface area contributed by atoms with Gasteiger partial charge in [-0.1, -0.05) is 25.0 Å². The van der Waals surface area contributed by atoms with Gasteiger partial charge in [-0.05, 0) is 25.0 Å². The number of ether oxygens (including phenoxy) is 2. The van der Waals surface area contributed by atoms with Crippen LogP contribution in [0.25, 0.3) is 0 Å². The molecule has 2 amide bonds. The number of fused-ring (bicyclic) bond motifs is 1. The van der Waals surface area contributed by atoms with Crippen molar-refractivity contribution in [3.8, 4) is 11.5 Å². The molecule has 22 heavy (non-hydrogen) atoms. The molecule has 1 aromatic rings. The van der Waals surface area contributed by atoms with Crippen LogP contribution in [0, 0.1) is 0 Å². The molecule has 1 saturated carbocycles. The topological polar surface area (TPSA) is 59.6 Å². The van der Waals surface area contributed by atoms with Crippen LogP contribution in [0.5, 0.6) is 11.5 Å². The Hall–Kier alpha value is -2.12. The third kappa shape index (κ3) is 2.65. The van der Waals surface area contributed by atoms with Gasteiger partial charge in [-0.2, -0.15) is 13.2 Å². The van der Waals surface area contributed by atoms with E-state index in [1.165, 1.54) is 24.3 Å². The van der Waals surface area contributed by atoms with Gasteiger partial charge in [0, 0.05) is 6.04 Å². The summed E-state index contributed by atoms with van der Waals surface area (Å²) in [5.41, 5.74) is 0. The van der Waals surface area contributed by atoms with Crippen LogP contribution in [-0.4, -0.2) is 24.2 Å². The summed E-state index contributed by atoms with van der Waals surface area (Å²) in [5.74, 6) is -3.33. The number of benzene rings is 1. The summed E-state index contributed by atoms with van der Waals surface area (Å²) in [6.07, 6.45) is -1.51. The normalized spacial score (nSPS) is 20.0. The number of hydrogen-bond acceptors (Lipinski definition) is 3. The lowest BCUT2D eigenvalue weighted by Crippen LogP contribution is -2.66. The maximum absolute atomic E-state index is 13.4. The molecule has 3 rings (SSSR count). The third-order valence-electron chi connectivity index (χ3n) is 3.70. The summed E-state index contributed by atoms with van der Waals surface area (Å²) < 4.78 is 49.8. The van der Waals surface area contributed by atoms with Crippen LogP contribution in [0.1, 0.15) is 25.7 Å². The highest BCUT2D eigenvalue weighted by atomic mass is 19.4. The van der Waals surface area contributed by atoms with Crippen LogP contribution in [-0.2, 0) is 0 Å². The number of urea groups is 1. The molecule has 1 aliphatic heterocycles. The molecule has 120 valence electrons. The van der Waals surface area contributed by atoms with E-state index in [1.807, 2.05) is 0 Å². The molecule has 0 radical (unpaired) electrons. The molecule has 1 fully saturated rings. The lowest BCUT2D eigenvalue weighted by atomic mass is 10.2. The molecular formula is C14H15F3N2O3. The van der Waals surface area contributed by atoms with Gasteiger partial charge in [0.2, 0.25) is 0 Å². The standard InChI is InChI=1S/C14H15F3N2O3/c15-13(16,17)14(19-12(20)18-9-5-1-2-6-9)21-10-7-3-4-8-11(10)22-14/h3-4,7-9H,1-2,5-6H2,(H2,18,19,20). The van der Waals surface area contributed by atoms with Gasteiger partial charge in [0.05, 0.1) is 0 Å². The molecular weight excluding hydrogens is 301 g/mol. The summed E-state index contributed by atoms with van der Waals surface area (Å²) in [6.45, 7) is 0. The van der Waals surface area contributed by atoms with Gasteiger partial charge >= 0.3 is 18.1 Å². The largest absolute Gasteiger partial charge is 0.492 e. The number of para-hydroxylation sites is 2. The van der Waals surface area contributed by atoms with Gasteiger partial charge in [-0.3, -0.25) is 5.32 Å². The average Bonchev–Trinajstić information content (AvgIpc) is 3.04. The number of halogens is 3. The van der Waals surface area contributed by atoms with Gasteiger partial charge in [-0.25, -0.2) is 4.79 Å². The van der Waals surface area contributed by atoms with E-state index in [0.29, 0.717) is 0 Å². The number of nitrogens with one attached hydrogen (secondary N) is 2. The zero-order chi connectivity index (χ0) is 15.8. The third-order valence-corrected chi connectivity index (χ3v) is 3.70. The maximum atomic E-state index is 13.4. The fourth-order valence-electron chi connectivity index (χ4n) is 2.63. The first kappa shape index (κ1) is 14.8. The molecule has 1 heterocycles. The van der Waals surface area contributed by atoms with Crippen molar-refractivity contribution in [2.45, 2.75) is 43.8 Å². The predicted octanol–water partition coefficient (Wildman–Crippen LogP) is 2.92. The molecule has 0 spiro atoms. The highest BCUT2D eigenvalue weighted by molar-refractivity contribution is 5.75. The lowest BCUT2D eigenvalue weighted by molar-refractivity contribution is -0.317. The second-order valence-electron chi connectivity index (χ2n) is 5.35. The minimum absolute atomic E-state index is 0.0685. The number of carbonyl (C=O) groups is 1. The molecule has 8 heteroatoms. The van der Waals surface area contributed by atoms with Crippen LogP contribution in [0.2, 0.25) is 0 Å². The minimum atomic E-state index is -4.93. The van der Waals surface area contributed by atoms with Gasteiger partial charge in [0.25, 0.3) is 0 Å². The van der Waals surface area contributed by atoms with Crippen molar-refractivity contribution in [1.82, 2.24) is 10.6 Å².